The summed E-state index contributed by atoms with van der Waals surface area (Å²) in [6.07, 6.45) is 21.6. The van der Waals surface area contributed by atoms with Crippen LogP contribution in [-0.4, -0.2) is 5.49 Å². The van der Waals surface area contributed by atoms with Gasteiger partial charge in [-0.25, -0.2) is 23.3 Å². The van der Waals surface area contributed by atoms with E-state index in [0.29, 0.717) is 0 Å². The predicted molar refractivity (Wildman–Crippen MR) is 134 cm³/mol. The number of hydrogen-bond acceptors (Lipinski definition) is 0. The largest absolute Gasteiger partial charge is 1.00 e. The number of allylic oxidation sites excluding steroid dienone is 8. The summed E-state index contributed by atoms with van der Waals surface area (Å²) in [5.41, 5.74) is 6.79. The molecule has 2 aliphatic rings. The Kier molecular flexibility index (Phi) is 22.0. The zero-order chi connectivity index (χ0) is 23.4. The maximum Gasteiger partial charge on any atom is -1.00 e. The van der Waals surface area contributed by atoms with Crippen molar-refractivity contribution in [1.82, 2.24) is 0 Å². The van der Waals surface area contributed by atoms with Crippen LogP contribution >= 0.6 is 0 Å². The van der Waals surface area contributed by atoms with E-state index in [1.165, 1.54) is 72.7 Å². The van der Waals surface area contributed by atoms with Gasteiger partial charge in [-0.05, 0) is 23.7 Å². The number of halogens is 2. The van der Waals surface area contributed by atoms with Crippen LogP contribution in [0.1, 0.15) is 107 Å². The topological polar surface area (TPSA) is 0 Å². The molecule has 0 aliphatic heterocycles. The molecule has 0 saturated carbocycles. The van der Waals surface area contributed by atoms with Gasteiger partial charge in [-0.3, -0.25) is 12.2 Å². The summed E-state index contributed by atoms with van der Waals surface area (Å²) in [4.78, 5) is 0. The average Bonchev–Trinajstić information content (AvgIpc) is 3.27. The van der Waals surface area contributed by atoms with Gasteiger partial charge in [0.25, 0.3) is 0 Å². The molecule has 2 rings (SSSR count). The molecule has 0 atom stereocenters. The van der Waals surface area contributed by atoms with Gasteiger partial charge < -0.3 is 24.8 Å². The van der Waals surface area contributed by atoms with Crippen molar-refractivity contribution in [2.24, 2.45) is 10.8 Å². The minimum absolute atomic E-state index is 0. The van der Waals surface area contributed by atoms with E-state index in [1.54, 1.807) is 11.1 Å². The zero-order valence-corrected chi connectivity index (χ0v) is 28.7. The second-order valence-corrected chi connectivity index (χ2v) is 23.6. The molecular weight excluding hydrogens is 614 g/mol. The Morgan fingerprint density at radius 1 is 0.750 bits per heavy atom. The van der Waals surface area contributed by atoms with E-state index in [4.69, 9.17) is 0 Å². The molecule has 2 aliphatic carbocycles. The Labute approximate surface area is 229 Å². The number of rotatable bonds is 6. The first-order chi connectivity index (χ1) is 13.8. The van der Waals surface area contributed by atoms with E-state index < -0.39 is 0 Å². The maximum absolute atomic E-state index is 3.48. The molecule has 0 nitrogen and oxygen atoms in total. The Morgan fingerprint density at radius 2 is 1.03 bits per heavy atom. The van der Waals surface area contributed by atoms with Gasteiger partial charge in [0.15, 0.2) is 0 Å². The molecule has 0 saturated heterocycles. The van der Waals surface area contributed by atoms with Gasteiger partial charge in [-0.1, -0.05) is 81.1 Å². The normalized spacial score (nSPS) is 14.9. The van der Waals surface area contributed by atoms with E-state index in [0.717, 1.165) is 12.8 Å². The van der Waals surface area contributed by atoms with Crippen molar-refractivity contribution in [1.29, 1.82) is 0 Å². The molecule has 0 fully saturated rings. The molecule has 0 amide bonds. The van der Waals surface area contributed by atoms with Crippen LogP contribution in [0.2, 0.25) is 13.1 Å². The Bertz CT molecular complexity index is 600. The van der Waals surface area contributed by atoms with Crippen molar-refractivity contribution in [2.45, 2.75) is 120 Å². The SMILES string of the molecule is CCCCC1=CC(C(C)(C)C)=[C-]C1.CCCCC1=CC(C(C)(C)C)=[C-]C1.C[Si](C)=[Hf+2].[Cl-].[Cl-]. The van der Waals surface area contributed by atoms with Crippen LogP contribution in [0.4, 0.5) is 0 Å². The van der Waals surface area contributed by atoms with Gasteiger partial charge in [0, 0.05) is 0 Å². The third kappa shape index (κ3) is 18.0. The van der Waals surface area contributed by atoms with E-state index in [-0.39, 0.29) is 41.1 Å². The first-order valence-electron chi connectivity index (χ1n) is 11.9. The van der Waals surface area contributed by atoms with Gasteiger partial charge in [-0.15, -0.1) is 12.8 Å². The summed E-state index contributed by atoms with van der Waals surface area (Å²) in [5.74, 6) is 0. The maximum atomic E-state index is 3.48. The van der Waals surface area contributed by atoms with Crippen LogP contribution in [0.3, 0.4) is 0 Å². The Morgan fingerprint density at radius 3 is 1.22 bits per heavy atom. The van der Waals surface area contributed by atoms with Crippen LogP contribution in [0, 0.1) is 23.0 Å². The van der Waals surface area contributed by atoms with E-state index >= 15 is 0 Å². The monoisotopic (exact) mass is 662 g/mol. The van der Waals surface area contributed by atoms with Gasteiger partial charge in [-0.2, -0.15) is 11.1 Å². The van der Waals surface area contributed by atoms with Gasteiger partial charge in [0.1, 0.15) is 0 Å². The Balaban J connectivity index is -0.000000428. The summed E-state index contributed by atoms with van der Waals surface area (Å²) in [5, 5.41) is 0. The van der Waals surface area contributed by atoms with Crippen molar-refractivity contribution in [2.75, 3.05) is 0 Å². The molecule has 4 heteroatoms. The minimum Gasteiger partial charge on any atom is -1.00 e. The molecule has 0 spiro atoms. The second-order valence-electron chi connectivity index (χ2n) is 10.8. The first kappa shape index (κ1) is 37.2. The van der Waals surface area contributed by atoms with Crippen LogP contribution in [0.25, 0.3) is 0 Å². The van der Waals surface area contributed by atoms with Crippen LogP contribution in [-0.2, 0) is 23.0 Å². The molecular formula is C28H48Cl2HfSi-2. The van der Waals surface area contributed by atoms with Crippen LogP contribution < -0.4 is 24.8 Å². The van der Waals surface area contributed by atoms with E-state index in [9.17, 15) is 0 Å². The standard InChI is InChI=1S/2C13H21.C2H6Si.2ClH.Hf/c2*1-5-6-7-11-8-9-12(10-11)13(2,3)4;1-3-2;;;/h2*10H,5-8H2,1-4H3;1-2H3;2*1H;/q2*-1;;;;+2/p-2. The summed E-state index contributed by atoms with van der Waals surface area (Å²) >= 11 is 1.45. The van der Waals surface area contributed by atoms with Gasteiger partial charge in [0.05, 0.1) is 0 Å². The molecule has 32 heavy (non-hydrogen) atoms. The smallest absolute Gasteiger partial charge is 1.00 e. The Hall–Kier alpha value is 0.627. The fourth-order valence-corrected chi connectivity index (χ4v) is 3.12. The fraction of sp³-hybridized carbons (Fsp3) is 0.714. The van der Waals surface area contributed by atoms with Crippen molar-refractivity contribution >= 4 is 5.49 Å². The van der Waals surface area contributed by atoms with Crippen LogP contribution in [0.15, 0.2) is 34.4 Å². The molecule has 184 valence electrons. The molecule has 0 N–H and O–H groups in total. The van der Waals surface area contributed by atoms with Gasteiger partial charge in [0.2, 0.25) is 0 Å². The predicted octanol–water partition coefficient (Wildman–Crippen LogP) is 3.36. The third-order valence-corrected chi connectivity index (χ3v) is 5.03. The summed E-state index contributed by atoms with van der Waals surface area (Å²) in [6.45, 7) is 22.7. The van der Waals surface area contributed by atoms with Crippen LogP contribution in [0.5, 0.6) is 0 Å². The first-order valence-corrected chi connectivity index (χ1v) is 19.8. The molecule has 0 aromatic heterocycles. The molecule has 0 heterocycles. The number of hydrogen-bond donors (Lipinski definition) is 0. The van der Waals surface area contributed by atoms with Crippen molar-refractivity contribution < 1.29 is 47.8 Å². The van der Waals surface area contributed by atoms with E-state index in [2.05, 4.69) is 92.8 Å². The van der Waals surface area contributed by atoms with Crippen molar-refractivity contribution in [3.63, 3.8) is 0 Å². The zero-order valence-electron chi connectivity index (χ0n) is 22.6. The summed E-state index contributed by atoms with van der Waals surface area (Å²) in [7, 11) is 0. The summed E-state index contributed by atoms with van der Waals surface area (Å²) in [6, 6.07) is 0. The molecule has 0 aromatic rings. The molecule has 0 aromatic carbocycles. The average molecular weight is 662 g/mol. The van der Waals surface area contributed by atoms with Crippen molar-refractivity contribution in [3.8, 4) is 0 Å². The number of unbranched alkanes of at least 4 members (excludes halogenated alkanes) is 2. The van der Waals surface area contributed by atoms with Crippen molar-refractivity contribution in [3.05, 3.63) is 46.6 Å². The third-order valence-electron chi connectivity index (χ3n) is 5.03. The minimum atomic E-state index is 0. The molecule has 0 unspecified atom stereocenters. The summed E-state index contributed by atoms with van der Waals surface area (Å²) < 4.78 is 0. The van der Waals surface area contributed by atoms with E-state index in [1.807, 2.05) is 0 Å². The fourth-order valence-electron chi connectivity index (χ4n) is 3.12. The quantitative estimate of drug-likeness (QED) is 0.303. The molecule has 0 bridgehead atoms. The molecule has 0 radical (unpaired) electrons. The van der Waals surface area contributed by atoms with Gasteiger partial charge >= 0.3 is 41.6 Å². The second kappa shape index (κ2) is 18.9.